The smallest absolute Gasteiger partial charge is 0.406 e. The molecular formula is C14H17F3N2O3S. The minimum atomic E-state index is -4.79. The highest BCUT2D eigenvalue weighted by atomic mass is 32.2. The number of sulfonamides is 1. The molecule has 1 aromatic rings. The van der Waals surface area contributed by atoms with E-state index in [0.717, 1.165) is 37.2 Å². The number of fused-ring (bicyclic) bond motifs is 1. The summed E-state index contributed by atoms with van der Waals surface area (Å²) in [6.07, 6.45) is -3.99. The first-order chi connectivity index (χ1) is 10.7. The zero-order chi connectivity index (χ0) is 16.8. The van der Waals surface area contributed by atoms with E-state index in [0.29, 0.717) is 19.0 Å². The highest BCUT2D eigenvalue weighted by Crippen LogP contribution is 2.33. The molecule has 0 N–H and O–H groups in total. The van der Waals surface area contributed by atoms with Crippen LogP contribution < -0.4 is 4.74 Å². The van der Waals surface area contributed by atoms with Crippen molar-refractivity contribution in [1.29, 1.82) is 0 Å². The molecule has 0 radical (unpaired) electrons. The summed E-state index contributed by atoms with van der Waals surface area (Å²) in [5.41, 5.74) is 0. The van der Waals surface area contributed by atoms with E-state index >= 15 is 0 Å². The van der Waals surface area contributed by atoms with E-state index in [1.165, 1.54) is 4.31 Å². The lowest BCUT2D eigenvalue weighted by Crippen LogP contribution is -2.63. The van der Waals surface area contributed by atoms with Gasteiger partial charge in [-0.2, -0.15) is 4.31 Å². The predicted octanol–water partition coefficient (Wildman–Crippen LogP) is 1.91. The lowest BCUT2D eigenvalue weighted by atomic mass is 9.84. The molecule has 2 atom stereocenters. The number of hydrogen-bond acceptors (Lipinski definition) is 4. The molecule has 1 aromatic carbocycles. The van der Waals surface area contributed by atoms with Gasteiger partial charge in [-0.15, -0.1) is 13.2 Å². The van der Waals surface area contributed by atoms with Crippen LogP contribution in [0.25, 0.3) is 0 Å². The molecule has 128 valence electrons. The fourth-order valence-corrected chi connectivity index (χ4v) is 4.68. The lowest BCUT2D eigenvalue weighted by molar-refractivity contribution is -0.274. The summed E-state index contributed by atoms with van der Waals surface area (Å²) in [5, 5.41) is 0. The van der Waals surface area contributed by atoms with Gasteiger partial charge in [-0.3, -0.25) is 0 Å². The molecule has 5 nitrogen and oxygen atoms in total. The van der Waals surface area contributed by atoms with Gasteiger partial charge >= 0.3 is 6.36 Å². The molecule has 0 saturated carbocycles. The standard InChI is InChI=1S/C14H17F3N2O3S/c1-18-8-10-6-7-19(9-13(10)18)23(20,21)12-4-2-11(3-5-12)22-14(15,16)17/h2-5,10,13H,6-9H2,1H3/t10-,13-/m1/s1. The van der Waals surface area contributed by atoms with E-state index < -0.39 is 22.1 Å². The van der Waals surface area contributed by atoms with E-state index in [4.69, 9.17) is 0 Å². The van der Waals surface area contributed by atoms with E-state index in [1.807, 2.05) is 7.05 Å². The van der Waals surface area contributed by atoms with Crippen LogP contribution in [0.4, 0.5) is 13.2 Å². The fraction of sp³-hybridized carbons (Fsp3) is 0.571. The number of likely N-dealkylation sites (tertiary alicyclic amines) is 1. The van der Waals surface area contributed by atoms with Gasteiger partial charge in [0.25, 0.3) is 0 Å². The van der Waals surface area contributed by atoms with Crippen molar-refractivity contribution in [3.05, 3.63) is 24.3 Å². The molecule has 9 heteroatoms. The third-order valence-electron chi connectivity index (χ3n) is 4.47. The van der Waals surface area contributed by atoms with Crippen molar-refractivity contribution in [3.8, 4) is 5.75 Å². The molecule has 2 fully saturated rings. The summed E-state index contributed by atoms with van der Waals surface area (Å²) in [6.45, 7) is 1.85. The monoisotopic (exact) mass is 350 g/mol. The van der Waals surface area contributed by atoms with Gasteiger partial charge in [0.05, 0.1) is 4.90 Å². The number of benzene rings is 1. The Balaban J connectivity index is 1.74. The van der Waals surface area contributed by atoms with Crippen molar-refractivity contribution in [2.45, 2.75) is 23.7 Å². The van der Waals surface area contributed by atoms with Crippen LogP contribution in [-0.4, -0.2) is 56.7 Å². The van der Waals surface area contributed by atoms with Crippen LogP contribution in [0.1, 0.15) is 6.42 Å². The Morgan fingerprint density at radius 1 is 1.17 bits per heavy atom. The second-order valence-corrected chi connectivity index (χ2v) is 7.88. The Labute approximate surface area is 132 Å². The topological polar surface area (TPSA) is 49.9 Å². The molecule has 2 heterocycles. The van der Waals surface area contributed by atoms with Crippen molar-refractivity contribution in [1.82, 2.24) is 9.21 Å². The first-order valence-corrected chi connectivity index (χ1v) is 8.67. The highest BCUT2D eigenvalue weighted by molar-refractivity contribution is 7.89. The predicted molar refractivity (Wildman–Crippen MR) is 76.4 cm³/mol. The molecule has 0 aliphatic carbocycles. The van der Waals surface area contributed by atoms with Gasteiger partial charge in [-0.1, -0.05) is 0 Å². The summed E-state index contributed by atoms with van der Waals surface area (Å²) < 4.78 is 66.8. The molecule has 2 aliphatic rings. The van der Waals surface area contributed by atoms with Crippen LogP contribution in [0.3, 0.4) is 0 Å². The van der Waals surface area contributed by atoms with Crippen LogP contribution in [0, 0.1) is 5.92 Å². The molecule has 0 spiro atoms. The SMILES string of the molecule is CN1C[C@H]2CCN(S(=O)(=O)c3ccc(OC(F)(F)F)cc3)C[C@H]21. The van der Waals surface area contributed by atoms with Gasteiger partial charge in [-0.05, 0) is 43.7 Å². The van der Waals surface area contributed by atoms with E-state index in [9.17, 15) is 21.6 Å². The minimum Gasteiger partial charge on any atom is -0.406 e. The first-order valence-electron chi connectivity index (χ1n) is 7.23. The number of halogens is 3. The summed E-state index contributed by atoms with van der Waals surface area (Å²) in [5.74, 6) is 0.0999. The van der Waals surface area contributed by atoms with Crippen molar-refractivity contribution in [2.75, 3.05) is 26.7 Å². The van der Waals surface area contributed by atoms with Crippen LogP contribution in [0.2, 0.25) is 0 Å². The number of likely N-dealkylation sites (N-methyl/N-ethyl adjacent to an activating group) is 1. The van der Waals surface area contributed by atoms with Crippen LogP contribution in [0.15, 0.2) is 29.2 Å². The fourth-order valence-electron chi connectivity index (χ4n) is 3.21. The van der Waals surface area contributed by atoms with E-state index in [-0.39, 0.29) is 10.9 Å². The first kappa shape index (κ1) is 16.5. The van der Waals surface area contributed by atoms with Gasteiger partial charge in [0.2, 0.25) is 10.0 Å². The Kier molecular flexibility index (Phi) is 4.06. The van der Waals surface area contributed by atoms with Gasteiger partial charge in [0.1, 0.15) is 5.75 Å². The van der Waals surface area contributed by atoms with Crippen molar-refractivity contribution in [2.24, 2.45) is 5.92 Å². The number of ether oxygens (including phenoxy) is 1. The molecule has 0 amide bonds. The summed E-state index contributed by atoms with van der Waals surface area (Å²) in [4.78, 5) is 2.10. The van der Waals surface area contributed by atoms with Crippen LogP contribution in [-0.2, 0) is 10.0 Å². The van der Waals surface area contributed by atoms with E-state index in [2.05, 4.69) is 9.64 Å². The van der Waals surface area contributed by atoms with Crippen LogP contribution >= 0.6 is 0 Å². The molecular weight excluding hydrogens is 333 g/mol. The van der Waals surface area contributed by atoms with Crippen molar-refractivity contribution >= 4 is 10.0 Å². The van der Waals surface area contributed by atoms with Crippen molar-refractivity contribution < 1.29 is 26.3 Å². The van der Waals surface area contributed by atoms with Gasteiger partial charge in [0.15, 0.2) is 0 Å². The van der Waals surface area contributed by atoms with Crippen molar-refractivity contribution in [3.63, 3.8) is 0 Å². The number of alkyl halides is 3. The van der Waals surface area contributed by atoms with Gasteiger partial charge < -0.3 is 9.64 Å². The third kappa shape index (κ3) is 3.31. The van der Waals surface area contributed by atoms with Crippen LogP contribution in [0.5, 0.6) is 5.75 Å². The average Bonchev–Trinajstić information content (AvgIpc) is 2.45. The number of nitrogens with zero attached hydrogens (tertiary/aromatic N) is 2. The maximum absolute atomic E-state index is 12.6. The molecule has 3 rings (SSSR count). The molecule has 2 saturated heterocycles. The molecule has 0 unspecified atom stereocenters. The minimum absolute atomic E-state index is 0.0209. The Hall–Kier alpha value is -1.32. The molecule has 23 heavy (non-hydrogen) atoms. The second kappa shape index (κ2) is 5.64. The largest absolute Gasteiger partial charge is 0.573 e. The quantitative estimate of drug-likeness (QED) is 0.836. The summed E-state index contributed by atoms with van der Waals surface area (Å²) in [6, 6.07) is 4.55. The Bertz CT molecular complexity index is 676. The molecule has 0 bridgehead atoms. The maximum atomic E-state index is 12.6. The Morgan fingerprint density at radius 2 is 1.83 bits per heavy atom. The number of hydrogen-bond donors (Lipinski definition) is 0. The number of rotatable bonds is 3. The molecule has 2 aliphatic heterocycles. The summed E-state index contributed by atoms with van der Waals surface area (Å²) >= 11 is 0. The summed E-state index contributed by atoms with van der Waals surface area (Å²) in [7, 11) is -1.74. The van der Waals surface area contributed by atoms with Gasteiger partial charge in [0, 0.05) is 25.7 Å². The normalized spacial score (nSPS) is 26.4. The lowest BCUT2D eigenvalue weighted by Gasteiger charge is -2.51. The van der Waals surface area contributed by atoms with E-state index in [1.54, 1.807) is 0 Å². The maximum Gasteiger partial charge on any atom is 0.573 e. The number of piperidine rings is 1. The average molecular weight is 350 g/mol. The third-order valence-corrected chi connectivity index (χ3v) is 6.35. The highest BCUT2D eigenvalue weighted by Gasteiger charge is 2.43. The van der Waals surface area contributed by atoms with Gasteiger partial charge in [-0.25, -0.2) is 8.42 Å². The molecule has 0 aromatic heterocycles. The zero-order valence-electron chi connectivity index (χ0n) is 12.5. The second-order valence-electron chi connectivity index (χ2n) is 5.94. The zero-order valence-corrected chi connectivity index (χ0v) is 13.3. The Morgan fingerprint density at radius 3 is 2.39 bits per heavy atom.